The van der Waals surface area contributed by atoms with Crippen LogP contribution in [0.2, 0.25) is 0 Å². The molecular formula is C11H18N6O2. The predicted molar refractivity (Wildman–Crippen MR) is 71.0 cm³/mol. The smallest absolute Gasteiger partial charge is 0.237 e. The maximum absolute atomic E-state index is 11.1. The van der Waals surface area contributed by atoms with Crippen LogP contribution in [0.3, 0.4) is 0 Å². The van der Waals surface area contributed by atoms with Crippen molar-refractivity contribution in [1.29, 1.82) is 0 Å². The summed E-state index contributed by atoms with van der Waals surface area (Å²) in [5.41, 5.74) is 16.8. The Bertz CT molecular complexity index is 460. The van der Waals surface area contributed by atoms with E-state index >= 15 is 0 Å². The molecule has 0 aliphatic heterocycles. The van der Waals surface area contributed by atoms with Gasteiger partial charge in [0.1, 0.15) is 18.0 Å². The predicted octanol–water partition coefficient (Wildman–Crippen LogP) is -1.21. The van der Waals surface area contributed by atoms with Crippen LogP contribution in [0.4, 0.5) is 11.6 Å². The highest BCUT2D eigenvalue weighted by atomic mass is 16.2. The second kappa shape index (κ2) is 6.53. The maximum Gasteiger partial charge on any atom is 0.237 e. The first-order valence-electron chi connectivity index (χ1n) is 5.86. The molecule has 1 rings (SSSR count). The minimum atomic E-state index is -0.583. The largest absolute Gasteiger partial charge is 0.383 e. The molecule has 1 aromatic rings. The molecule has 0 aromatic carbocycles. The molecule has 104 valence electrons. The molecule has 0 atom stereocenters. The fourth-order valence-electron chi connectivity index (χ4n) is 1.76. The van der Waals surface area contributed by atoms with Gasteiger partial charge in [-0.25, -0.2) is 9.97 Å². The van der Waals surface area contributed by atoms with Gasteiger partial charge in [0.25, 0.3) is 0 Å². The van der Waals surface area contributed by atoms with Gasteiger partial charge in [0.15, 0.2) is 0 Å². The Balaban J connectivity index is 3.16. The average molecular weight is 266 g/mol. The van der Waals surface area contributed by atoms with Crippen molar-refractivity contribution in [2.45, 2.75) is 19.8 Å². The highest BCUT2D eigenvalue weighted by Gasteiger charge is 2.18. The number of primary amides is 2. The Labute approximate surface area is 111 Å². The molecule has 2 amide bonds. The van der Waals surface area contributed by atoms with Gasteiger partial charge >= 0.3 is 0 Å². The van der Waals surface area contributed by atoms with Gasteiger partial charge in [-0.3, -0.25) is 9.59 Å². The van der Waals surface area contributed by atoms with Crippen LogP contribution in [0.5, 0.6) is 0 Å². The van der Waals surface area contributed by atoms with Crippen molar-refractivity contribution in [2.24, 2.45) is 11.5 Å². The van der Waals surface area contributed by atoms with Crippen molar-refractivity contribution < 1.29 is 9.59 Å². The first-order valence-corrected chi connectivity index (χ1v) is 5.86. The zero-order chi connectivity index (χ0) is 14.4. The summed E-state index contributed by atoms with van der Waals surface area (Å²) >= 11 is 0. The quantitative estimate of drug-likeness (QED) is 0.565. The molecule has 1 heterocycles. The number of hydrogen-bond donors (Lipinski definition) is 3. The van der Waals surface area contributed by atoms with E-state index in [0.717, 1.165) is 6.42 Å². The molecule has 0 aliphatic carbocycles. The van der Waals surface area contributed by atoms with Crippen LogP contribution in [-0.4, -0.2) is 34.9 Å². The summed E-state index contributed by atoms with van der Waals surface area (Å²) in [6, 6.07) is 0. The Morgan fingerprint density at radius 2 is 1.79 bits per heavy atom. The van der Waals surface area contributed by atoms with Gasteiger partial charge in [-0.15, -0.1) is 0 Å². The van der Waals surface area contributed by atoms with Crippen molar-refractivity contribution in [1.82, 2.24) is 9.97 Å². The SMILES string of the molecule is CCCc1c(N)ncnc1N(CC(N)=O)CC(N)=O. The molecule has 0 radical (unpaired) electrons. The van der Waals surface area contributed by atoms with E-state index in [0.29, 0.717) is 23.6 Å². The molecule has 0 bridgehead atoms. The number of nitrogens with zero attached hydrogens (tertiary/aromatic N) is 3. The van der Waals surface area contributed by atoms with Crippen LogP contribution in [0.1, 0.15) is 18.9 Å². The van der Waals surface area contributed by atoms with Crippen molar-refractivity contribution in [3.05, 3.63) is 11.9 Å². The number of hydrogen-bond acceptors (Lipinski definition) is 6. The summed E-state index contributed by atoms with van der Waals surface area (Å²) < 4.78 is 0. The molecule has 8 heteroatoms. The second-order valence-electron chi connectivity index (χ2n) is 4.10. The van der Waals surface area contributed by atoms with E-state index in [4.69, 9.17) is 17.2 Å². The lowest BCUT2D eigenvalue weighted by Crippen LogP contribution is -2.40. The van der Waals surface area contributed by atoms with Crippen LogP contribution < -0.4 is 22.1 Å². The lowest BCUT2D eigenvalue weighted by molar-refractivity contribution is -0.117. The number of carbonyl (C=O) groups is 2. The van der Waals surface area contributed by atoms with Gasteiger partial charge in [-0.2, -0.15) is 0 Å². The van der Waals surface area contributed by atoms with Gasteiger partial charge < -0.3 is 22.1 Å². The molecule has 0 unspecified atom stereocenters. The van der Waals surface area contributed by atoms with Crippen LogP contribution in [-0.2, 0) is 16.0 Å². The first-order chi connectivity index (χ1) is 8.95. The van der Waals surface area contributed by atoms with Crippen molar-refractivity contribution in [2.75, 3.05) is 23.7 Å². The average Bonchev–Trinajstić information content (AvgIpc) is 2.30. The number of nitrogen functional groups attached to an aromatic ring is 1. The van der Waals surface area contributed by atoms with Gasteiger partial charge in [-0.1, -0.05) is 13.3 Å². The molecule has 0 aliphatic rings. The van der Waals surface area contributed by atoms with Gasteiger partial charge in [0, 0.05) is 5.56 Å². The first kappa shape index (κ1) is 14.7. The monoisotopic (exact) mass is 266 g/mol. The fourth-order valence-corrected chi connectivity index (χ4v) is 1.76. The molecule has 19 heavy (non-hydrogen) atoms. The molecule has 6 N–H and O–H groups in total. The molecule has 0 spiro atoms. The van der Waals surface area contributed by atoms with Crippen LogP contribution in [0.15, 0.2) is 6.33 Å². The van der Waals surface area contributed by atoms with E-state index < -0.39 is 11.8 Å². The van der Waals surface area contributed by atoms with E-state index in [1.54, 1.807) is 0 Å². The molecular weight excluding hydrogens is 248 g/mol. The summed E-state index contributed by atoms with van der Waals surface area (Å²) in [4.78, 5) is 31.5. The summed E-state index contributed by atoms with van der Waals surface area (Å²) in [5, 5.41) is 0. The third-order valence-electron chi connectivity index (χ3n) is 2.45. The standard InChI is InChI=1S/C11H18N6O2/c1-2-3-7-10(14)15-6-16-11(7)17(4-8(12)18)5-9(13)19/h6H,2-5H2,1H3,(H2,12,18)(H2,13,19)(H2,14,15,16). The Hall–Kier alpha value is -2.38. The lowest BCUT2D eigenvalue weighted by Gasteiger charge is -2.23. The van der Waals surface area contributed by atoms with Gasteiger partial charge in [0.2, 0.25) is 11.8 Å². The van der Waals surface area contributed by atoms with E-state index in [2.05, 4.69) is 9.97 Å². The summed E-state index contributed by atoms with van der Waals surface area (Å²) in [6.45, 7) is 1.66. The van der Waals surface area contributed by atoms with E-state index in [1.807, 2.05) is 6.92 Å². The number of carbonyl (C=O) groups excluding carboxylic acids is 2. The number of amides is 2. The number of nitrogens with two attached hydrogens (primary N) is 3. The van der Waals surface area contributed by atoms with Gasteiger partial charge in [-0.05, 0) is 6.42 Å². The molecule has 8 nitrogen and oxygen atoms in total. The Kier molecular flexibility index (Phi) is 5.04. The number of anilines is 2. The maximum atomic E-state index is 11.1. The van der Waals surface area contributed by atoms with Crippen molar-refractivity contribution >= 4 is 23.5 Å². The molecule has 0 saturated carbocycles. The second-order valence-corrected chi connectivity index (χ2v) is 4.10. The van der Waals surface area contributed by atoms with Crippen LogP contribution in [0, 0.1) is 0 Å². The number of rotatable bonds is 7. The summed E-state index contributed by atoms with van der Waals surface area (Å²) in [6.07, 6.45) is 2.74. The Morgan fingerprint density at radius 3 is 2.26 bits per heavy atom. The zero-order valence-electron chi connectivity index (χ0n) is 10.8. The molecule has 1 aromatic heterocycles. The van der Waals surface area contributed by atoms with Crippen LogP contribution >= 0.6 is 0 Å². The van der Waals surface area contributed by atoms with E-state index in [1.165, 1.54) is 11.2 Å². The zero-order valence-corrected chi connectivity index (χ0v) is 10.8. The van der Waals surface area contributed by atoms with E-state index in [-0.39, 0.29) is 13.1 Å². The fraction of sp³-hybridized carbons (Fsp3) is 0.455. The van der Waals surface area contributed by atoms with Crippen molar-refractivity contribution in [3.63, 3.8) is 0 Å². The summed E-state index contributed by atoms with van der Waals surface area (Å²) in [5.74, 6) is -0.417. The highest BCUT2D eigenvalue weighted by molar-refractivity contribution is 5.85. The third-order valence-corrected chi connectivity index (χ3v) is 2.45. The lowest BCUT2D eigenvalue weighted by atomic mass is 10.1. The Morgan fingerprint density at radius 1 is 1.21 bits per heavy atom. The molecule has 0 saturated heterocycles. The number of aromatic nitrogens is 2. The minimum Gasteiger partial charge on any atom is -0.383 e. The highest BCUT2D eigenvalue weighted by Crippen LogP contribution is 2.22. The van der Waals surface area contributed by atoms with Crippen molar-refractivity contribution in [3.8, 4) is 0 Å². The van der Waals surface area contributed by atoms with Gasteiger partial charge in [0.05, 0.1) is 13.1 Å². The third kappa shape index (κ3) is 4.09. The van der Waals surface area contributed by atoms with Crippen LogP contribution in [0.25, 0.3) is 0 Å². The normalized spacial score (nSPS) is 10.2. The topological polar surface area (TPSA) is 141 Å². The molecule has 0 fully saturated rings. The summed E-state index contributed by atoms with van der Waals surface area (Å²) in [7, 11) is 0. The minimum absolute atomic E-state index is 0.157. The van der Waals surface area contributed by atoms with E-state index in [9.17, 15) is 9.59 Å².